The van der Waals surface area contributed by atoms with E-state index in [0.29, 0.717) is 5.56 Å². The second kappa shape index (κ2) is 7.77. The number of ether oxygens (including phenoxy) is 1. The van der Waals surface area contributed by atoms with E-state index >= 15 is 0 Å². The number of nitro benzene ring substituents is 1. The topological polar surface area (TPSA) is 122 Å². The van der Waals surface area contributed by atoms with Crippen molar-refractivity contribution in [1.29, 1.82) is 0 Å². The van der Waals surface area contributed by atoms with Crippen molar-refractivity contribution in [3.8, 4) is 0 Å². The molecule has 1 N–H and O–H groups in total. The number of nitro groups is 1. The molecule has 2 rings (SSSR count). The van der Waals surface area contributed by atoms with Crippen molar-refractivity contribution in [2.24, 2.45) is 5.16 Å². The molecule has 9 nitrogen and oxygen atoms in total. The van der Waals surface area contributed by atoms with E-state index in [1.807, 2.05) is 0 Å². The molecule has 1 aromatic carbocycles. The lowest BCUT2D eigenvalue weighted by molar-refractivity contribution is -0.384. The van der Waals surface area contributed by atoms with Crippen LogP contribution in [0.3, 0.4) is 0 Å². The second-order valence-electron chi connectivity index (χ2n) is 5.04. The first-order valence-corrected chi connectivity index (χ1v) is 7.84. The minimum Gasteiger partial charge on any atom is -0.444 e. The molecule has 1 amide bonds. The van der Waals surface area contributed by atoms with Gasteiger partial charge in [-0.1, -0.05) is 16.9 Å². The molecule has 1 heterocycles. The Balaban J connectivity index is 1.93. The van der Waals surface area contributed by atoms with Crippen LogP contribution in [-0.2, 0) is 16.1 Å². The Morgan fingerprint density at radius 1 is 1.46 bits per heavy atom. The Morgan fingerprint density at radius 2 is 2.12 bits per heavy atom. The number of benzene rings is 1. The van der Waals surface area contributed by atoms with E-state index in [-0.39, 0.29) is 41.5 Å². The second-order valence-corrected chi connectivity index (χ2v) is 6.52. The molecule has 1 atom stereocenters. The molecule has 1 aromatic rings. The van der Waals surface area contributed by atoms with Crippen LogP contribution < -0.4 is 0 Å². The number of likely N-dealkylation sites (tertiary alicyclic amines) is 1. The van der Waals surface area contributed by atoms with E-state index in [1.54, 1.807) is 0 Å². The van der Waals surface area contributed by atoms with Crippen molar-refractivity contribution >= 4 is 34.5 Å². The first-order valence-electron chi connectivity index (χ1n) is 6.96. The van der Waals surface area contributed by atoms with Gasteiger partial charge in [-0.15, -0.1) is 0 Å². The Bertz CT molecular complexity index is 676. The lowest BCUT2D eigenvalue weighted by Crippen LogP contribution is -2.33. The summed E-state index contributed by atoms with van der Waals surface area (Å²) >= 11 is 1.08. The lowest BCUT2D eigenvalue weighted by atomic mass is 10.2. The van der Waals surface area contributed by atoms with E-state index in [4.69, 9.17) is 9.94 Å². The Morgan fingerprint density at radius 3 is 2.67 bits per heavy atom. The zero-order valence-electron chi connectivity index (χ0n) is 12.7. The Kier molecular flexibility index (Phi) is 5.74. The van der Waals surface area contributed by atoms with Crippen molar-refractivity contribution < 1.29 is 24.5 Å². The SMILES string of the molecule is CC(=O)SC1CC(=NO)N(C(=O)OCc2ccc([N+](=O)[O-])cc2)C1. The van der Waals surface area contributed by atoms with Gasteiger partial charge in [-0.05, 0) is 17.7 Å². The van der Waals surface area contributed by atoms with Crippen LogP contribution in [0.25, 0.3) is 0 Å². The summed E-state index contributed by atoms with van der Waals surface area (Å²) in [6.07, 6.45) is -0.416. The van der Waals surface area contributed by atoms with Gasteiger partial charge in [0.05, 0.1) is 4.92 Å². The summed E-state index contributed by atoms with van der Waals surface area (Å²) in [5.41, 5.74) is 0.536. The van der Waals surface area contributed by atoms with E-state index in [9.17, 15) is 19.7 Å². The number of nitrogens with zero attached hydrogens (tertiary/aromatic N) is 3. The maximum Gasteiger partial charge on any atom is 0.415 e. The summed E-state index contributed by atoms with van der Waals surface area (Å²) in [6.45, 7) is 1.56. The molecule has 10 heteroatoms. The van der Waals surface area contributed by atoms with Gasteiger partial charge in [-0.2, -0.15) is 0 Å². The number of amides is 1. The van der Waals surface area contributed by atoms with Gasteiger partial charge in [0.25, 0.3) is 5.69 Å². The highest BCUT2D eigenvalue weighted by Gasteiger charge is 2.35. The average molecular weight is 353 g/mol. The quantitative estimate of drug-likeness (QED) is 0.501. The smallest absolute Gasteiger partial charge is 0.415 e. The molecule has 1 unspecified atom stereocenters. The van der Waals surface area contributed by atoms with E-state index in [0.717, 1.165) is 11.8 Å². The van der Waals surface area contributed by atoms with Crippen LogP contribution in [0.2, 0.25) is 0 Å². The van der Waals surface area contributed by atoms with Gasteiger partial charge in [-0.3, -0.25) is 19.8 Å². The largest absolute Gasteiger partial charge is 0.444 e. The fraction of sp³-hybridized carbons (Fsp3) is 0.357. The fourth-order valence-electron chi connectivity index (χ4n) is 2.21. The van der Waals surface area contributed by atoms with Crippen molar-refractivity contribution in [3.05, 3.63) is 39.9 Å². The third-order valence-corrected chi connectivity index (χ3v) is 4.27. The van der Waals surface area contributed by atoms with Gasteiger partial charge in [0.2, 0.25) is 0 Å². The maximum absolute atomic E-state index is 12.1. The molecule has 0 bridgehead atoms. The van der Waals surface area contributed by atoms with E-state index in [1.165, 1.54) is 36.1 Å². The van der Waals surface area contributed by atoms with E-state index < -0.39 is 11.0 Å². The molecule has 0 aromatic heterocycles. The number of amidine groups is 1. The minimum atomic E-state index is -0.701. The molecule has 1 aliphatic rings. The van der Waals surface area contributed by atoms with Crippen LogP contribution >= 0.6 is 11.8 Å². The number of carbonyl (C=O) groups excluding carboxylic acids is 2. The van der Waals surface area contributed by atoms with Gasteiger partial charge in [0.15, 0.2) is 11.0 Å². The molecule has 0 radical (unpaired) electrons. The summed E-state index contributed by atoms with van der Waals surface area (Å²) in [5.74, 6) is 0.141. The molecule has 0 aliphatic carbocycles. The van der Waals surface area contributed by atoms with Gasteiger partial charge in [0, 0.05) is 37.3 Å². The van der Waals surface area contributed by atoms with Gasteiger partial charge in [0.1, 0.15) is 6.61 Å². The summed E-state index contributed by atoms with van der Waals surface area (Å²) in [4.78, 5) is 34.5. The molecule has 1 fully saturated rings. The highest BCUT2D eigenvalue weighted by molar-refractivity contribution is 8.14. The van der Waals surface area contributed by atoms with Crippen molar-refractivity contribution in [2.45, 2.75) is 25.2 Å². The van der Waals surface area contributed by atoms with Crippen LogP contribution in [0.1, 0.15) is 18.9 Å². The molecule has 0 saturated carbocycles. The Hall–Kier alpha value is -2.62. The summed E-state index contributed by atoms with van der Waals surface area (Å²) in [5, 5.41) is 22.4. The van der Waals surface area contributed by atoms with E-state index in [2.05, 4.69) is 5.16 Å². The number of thioether (sulfide) groups is 1. The summed E-state index contributed by atoms with van der Waals surface area (Å²) in [6, 6.07) is 5.62. The van der Waals surface area contributed by atoms with Crippen molar-refractivity contribution in [3.63, 3.8) is 0 Å². The van der Waals surface area contributed by atoms with Crippen LogP contribution in [0, 0.1) is 10.1 Å². The molecular weight excluding hydrogens is 338 g/mol. The normalized spacial score (nSPS) is 18.6. The molecule has 1 saturated heterocycles. The third kappa shape index (κ3) is 4.44. The predicted octanol–water partition coefficient (Wildman–Crippen LogP) is 2.37. The summed E-state index contributed by atoms with van der Waals surface area (Å²) < 4.78 is 5.13. The first kappa shape index (κ1) is 17.7. The number of hydrogen-bond donors (Lipinski definition) is 1. The van der Waals surface area contributed by atoms with Gasteiger partial charge < -0.3 is 9.94 Å². The van der Waals surface area contributed by atoms with Crippen molar-refractivity contribution in [1.82, 2.24) is 4.90 Å². The lowest BCUT2D eigenvalue weighted by Gasteiger charge is -2.16. The third-order valence-electron chi connectivity index (χ3n) is 3.29. The zero-order chi connectivity index (χ0) is 17.7. The van der Waals surface area contributed by atoms with Gasteiger partial charge >= 0.3 is 6.09 Å². The van der Waals surface area contributed by atoms with Gasteiger partial charge in [-0.25, -0.2) is 4.79 Å². The van der Waals surface area contributed by atoms with Crippen LogP contribution in [0.4, 0.5) is 10.5 Å². The minimum absolute atomic E-state index is 0.0524. The monoisotopic (exact) mass is 353 g/mol. The molecular formula is C14H15N3O6S. The number of carbonyl (C=O) groups is 2. The zero-order valence-corrected chi connectivity index (χ0v) is 13.6. The number of non-ortho nitro benzene ring substituents is 1. The molecule has 1 aliphatic heterocycles. The number of hydrogen-bond acceptors (Lipinski definition) is 8. The number of rotatable bonds is 4. The molecule has 0 spiro atoms. The summed E-state index contributed by atoms with van der Waals surface area (Å²) in [7, 11) is 0. The average Bonchev–Trinajstić information content (AvgIpc) is 2.95. The fourth-order valence-corrected chi connectivity index (χ4v) is 3.14. The van der Waals surface area contributed by atoms with Crippen LogP contribution in [0.15, 0.2) is 29.4 Å². The Labute approximate surface area is 141 Å². The van der Waals surface area contributed by atoms with Crippen LogP contribution in [0.5, 0.6) is 0 Å². The highest BCUT2D eigenvalue weighted by Crippen LogP contribution is 2.25. The van der Waals surface area contributed by atoms with Crippen molar-refractivity contribution in [2.75, 3.05) is 6.54 Å². The highest BCUT2D eigenvalue weighted by atomic mass is 32.2. The molecule has 128 valence electrons. The van der Waals surface area contributed by atoms with Crippen LogP contribution in [-0.4, -0.2) is 43.9 Å². The number of oxime groups is 1. The maximum atomic E-state index is 12.1. The predicted molar refractivity (Wildman–Crippen MR) is 85.9 cm³/mol. The first-order chi connectivity index (χ1) is 11.4. The standard InChI is InChI=1S/C14H15N3O6S/c1-9(18)24-12-6-13(15-20)16(7-12)14(19)23-8-10-2-4-11(5-3-10)17(21)22/h2-5,12,20H,6-8H2,1H3. The molecule has 24 heavy (non-hydrogen) atoms.